The second-order valence-corrected chi connectivity index (χ2v) is 20.9. The molecule has 10 heavy (non-hydrogen) atoms. The fraction of sp³-hybridized carbons (Fsp3) is 1.00. The highest BCUT2D eigenvalue weighted by atomic mass is 29.2. The van der Waals surface area contributed by atoms with Gasteiger partial charge in [-0.3, -0.25) is 0 Å². The highest BCUT2D eigenvalue weighted by molar-refractivity contribution is 7.33. The molecule has 0 aromatic rings. The van der Waals surface area contributed by atoms with Crippen LogP contribution >= 0.6 is 0 Å². The van der Waals surface area contributed by atoms with Crippen LogP contribution in [0.2, 0.25) is 44.9 Å². The molecule has 0 saturated heterocycles. The summed E-state index contributed by atoms with van der Waals surface area (Å²) in [4.78, 5) is 0. The summed E-state index contributed by atoms with van der Waals surface area (Å²) in [7, 11) is -0.587. The predicted molar refractivity (Wildman–Crippen MR) is 57.3 cm³/mol. The Hall–Kier alpha value is 0.651. The topological polar surface area (TPSA) is 0 Å². The number of rotatable bonds is 3. The van der Waals surface area contributed by atoms with Gasteiger partial charge in [0.1, 0.15) is 0 Å². The molecule has 0 spiro atoms. The van der Waals surface area contributed by atoms with Gasteiger partial charge in [-0.2, -0.15) is 0 Å². The molecule has 0 rings (SSSR count). The SMILES string of the molecule is C[Si](C)C[Si](C)(C)[Si](C)C. The predicted octanol–water partition coefficient (Wildman–Crippen LogP) is 2.82. The molecule has 0 aromatic heterocycles. The molecule has 0 saturated carbocycles. The molecular formula is C7H20Si3. The van der Waals surface area contributed by atoms with Crippen molar-refractivity contribution in [2.45, 2.75) is 44.9 Å². The van der Waals surface area contributed by atoms with Gasteiger partial charge in [-0.05, 0) is 0 Å². The van der Waals surface area contributed by atoms with E-state index in [1.54, 1.807) is 5.67 Å². The van der Waals surface area contributed by atoms with Crippen molar-refractivity contribution < 1.29 is 0 Å². The first-order valence-electron chi connectivity index (χ1n) is 3.96. The largest absolute Gasteiger partial charge is 0.0733 e. The minimum Gasteiger partial charge on any atom is -0.0733 e. The second-order valence-electron chi connectivity index (χ2n) is 4.27. The van der Waals surface area contributed by atoms with Crippen LogP contribution in [0, 0.1) is 0 Å². The smallest absolute Gasteiger partial charge is 0.0382 e. The van der Waals surface area contributed by atoms with E-state index in [2.05, 4.69) is 39.3 Å². The third-order valence-electron chi connectivity index (χ3n) is 2.15. The Bertz CT molecular complexity index is 97.0. The van der Waals surface area contributed by atoms with E-state index in [0.29, 0.717) is 0 Å². The molecule has 0 aromatic carbocycles. The summed E-state index contributed by atoms with van der Waals surface area (Å²) in [6.45, 7) is 15.0. The molecule has 0 atom stereocenters. The van der Waals surface area contributed by atoms with Crippen LogP contribution in [0.5, 0.6) is 0 Å². The Morgan fingerprint density at radius 2 is 1.40 bits per heavy atom. The van der Waals surface area contributed by atoms with Crippen molar-refractivity contribution in [2.75, 3.05) is 0 Å². The summed E-state index contributed by atoms with van der Waals surface area (Å²) in [5.74, 6) is 0. The normalized spacial score (nSPS) is 13.2. The molecule has 0 fully saturated rings. The van der Waals surface area contributed by atoms with Crippen molar-refractivity contribution >= 4 is 24.7 Å². The fourth-order valence-corrected chi connectivity index (χ4v) is 15.9. The van der Waals surface area contributed by atoms with Crippen LogP contribution in [0.1, 0.15) is 0 Å². The van der Waals surface area contributed by atoms with Crippen LogP contribution in [0.3, 0.4) is 0 Å². The average molecular weight is 188 g/mol. The van der Waals surface area contributed by atoms with Crippen LogP contribution in [0.25, 0.3) is 0 Å². The van der Waals surface area contributed by atoms with E-state index in [9.17, 15) is 0 Å². The summed E-state index contributed by atoms with van der Waals surface area (Å²) in [6.07, 6.45) is 0. The van der Waals surface area contributed by atoms with Crippen LogP contribution in [-0.2, 0) is 0 Å². The average Bonchev–Trinajstić information content (AvgIpc) is 1.60. The van der Waals surface area contributed by atoms with Crippen LogP contribution in [0.15, 0.2) is 0 Å². The zero-order chi connectivity index (χ0) is 8.36. The minimum atomic E-state index is -0.697. The van der Waals surface area contributed by atoms with E-state index in [1.807, 2.05) is 0 Å². The zero-order valence-corrected chi connectivity index (χ0v) is 11.2. The third-order valence-corrected chi connectivity index (χ3v) is 20.9. The van der Waals surface area contributed by atoms with E-state index in [4.69, 9.17) is 0 Å². The van der Waals surface area contributed by atoms with Crippen molar-refractivity contribution in [1.82, 2.24) is 0 Å². The van der Waals surface area contributed by atoms with Gasteiger partial charge in [0, 0.05) is 24.7 Å². The standard InChI is InChI=1S/C7H20Si3/c1-8(2)7-10(5,6)9(3)4/h7H2,1-6H3. The summed E-state index contributed by atoms with van der Waals surface area (Å²) >= 11 is 0. The van der Waals surface area contributed by atoms with E-state index < -0.39 is 7.59 Å². The van der Waals surface area contributed by atoms with Gasteiger partial charge in [-0.1, -0.05) is 44.9 Å². The molecule has 3 heteroatoms. The molecule has 0 nitrogen and oxygen atoms in total. The molecule has 2 radical (unpaired) electrons. The molecule has 0 aliphatic rings. The van der Waals surface area contributed by atoms with Gasteiger partial charge in [-0.25, -0.2) is 0 Å². The molecule has 0 amide bonds. The van der Waals surface area contributed by atoms with Gasteiger partial charge in [0.15, 0.2) is 0 Å². The van der Waals surface area contributed by atoms with E-state index in [-0.39, 0.29) is 17.1 Å². The number of hydrogen-bond acceptors (Lipinski definition) is 0. The van der Waals surface area contributed by atoms with Gasteiger partial charge >= 0.3 is 0 Å². The third kappa shape index (κ3) is 3.73. The Labute approximate surface area is 70.1 Å². The first kappa shape index (κ1) is 10.7. The molecule has 0 bridgehead atoms. The second kappa shape index (κ2) is 3.88. The Kier molecular flexibility index (Phi) is 4.13. The summed E-state index contributed by atoms with van der Waals surface area (Å²) in [5.41, 5.74) is 1.62. The Morgan fingerprint density at radius 1 is 1.00 bits per heavy atom. The van der Waals surface area contributed by atoms with Crippen LogP contribution < -0.4 is 0 Å². The maximum Gasteiger partial charge on any atom is 0.0382 e. The lowest BCUT2D eigenvalue weighted by molar-refractivity contribution is 1.65. The first-order valence-corrected chi connectivity index (χ1v) is 13.4. The number of hydrogen-bond donors (Lipinski definition) is 0. The van der Waals surface area contributed by atoms with Crippen molar-refractivity contribution in [2.24, 2.45) is 0 Å². The van der Waals surface area contributed by atoms with Crippen LogP contribution in [0.4, 0.5) is 0 Å². The van der Waals surface area contributed by atoms with Crippen molar-refractivity contribution in [3.8, 4) is 0 Å². The molecule has 0 N–H and O–H groups in total. The van der Waals surface area contributed by atoms with Crippen molar-refractivity contribution in [1.29, 1.82) is 0 Å². The lowest BCUT2D eigenvalue weighted by atomic mass is 11.8. The Balaban J connectivity index is 3.87. The summed E-state index contributed by atoms with van der Waals surface area (Å²) in [5, 5.41) is 0. The molecule has 60 valence electrons. The summed E-state index contributed by atoms with van der Waals surface area (Å²) in [6, 6.07) is 0. The summed E-state index contributed by atoms with van der Waals surface area (Å²) < 4.78 is 0. The zero-order valence-electron chi connectivity index (χ0n) is 8.21. The van der Waals surface area contributed by atoms with Crippen molar-refractivity contribution in [3.05, 3.63) is 0 Å². The van der Waals surface area contributed by atoms with Gasteiger partial charge in [-0.15, -0.1) is 0 Å². The van der Waals surface area contributed by atoms with E-state index >= 15 is 0 Å². The lowest BCUT2D eigenvalue weighted by Crippen LogP contribution is -2.43. The Morgan fingerprint density at radius 3 is 1.50 bits per heavy atom. The highest BCUT2D eigenvalue weighted by Crippen LogP contribution is 2.14. The maximum atomic E-state index is 2.57. The quantitative estimate of drug-likeness (QED) is 0.598. The van der Waals surface area contributed by atoms with Gasteiger partial charge in [0.05, 0.1) is 0 Å². The van der Waals surface area contributed by atoms with Gasteiger partial charge < -0.3 is 0 Å². The van der Waals surface area contributed by atoms with Crippen LogP contribution in [-0.4, -0.2) is 24.7 Å². The molecule has 0 unspecified atom stereocenters. The maximum absolute atomic E-state index is 2.57. The van der Waals surface area contributed by atoms with E-state index in [1.165, 1.54) is 0 Å². The van der Waals surface area contributed by atoms with Crippen molar-refractivity contribution in [3.63, 3.8) is 0 Å². The van der Waals surface area contributed by atoms with Gasteiger partial charge in [0.25, 0.3) is 0 Å². The molecular weight excluding hydrogens is 168 g/mol. The van der Waals surface area contributed by atoms with Gasteiger partial charge in [0.2, 0.25) is 0 Å². The highest BCUT2D eigenvalue weighted by Gasteiger charge is 2.26. The monoisotopic (exact) mass is 188 g/mol. The molecule has 0 heterocycles. The molecule has 0 aliphatic carbocycles. The molecule has 0 aliphatic heterocycles. The minimum absolute atomic E-state index is 0.0509. The fourth-order valence-electron chi connectivity index (χ4n) is 1.06. The lowest BCUT2D eigenvalue weighted by Gasteiger charge is -2.27. The first-order chi connectivity index (χ1) is 4.36. The van der Waals surface area contributed by atoms with E-state index in [0.717, 1.165) is 0 Å².